The molecule has 0 unspecified atom stereocenters. The monoisotopic (exact) mass is 725 g/mol. The summed E-state index contributed by atoms with van der Waals surface area (Å²) in [6.07, 6.45) is 4.71. The maximum atomic E-state index is 13.7. The van der Waals surface area contributed by atoms with E-state index in [-0.39, 0.29) is 41.2 Å². The molecule has 15 heteroatoms. The zero-order valence-electron chi connectivity index (χ0n) is 29.2. The predicted octanol–water partition coefficient (Wildman–Crippen LogP) is 6.17. The normalized spacial score (nSPS) is 14.0. The fourth-order valence-electron chi connectivity index (χ4n) is 7.58. The molecule has 15 nitrogen and oxygen atoms in total. The van der Waals surface area contributed by atoms with Crippen molar-refractivity contribution < 1.29 is 29.0 Å². The first-order chi connectivity index (χ1) is 25.9. The van der Waals surface area contributed by atoms with Crippen LogP contribution in [0.2, 0.25) is 0 Å². The zero-order valence-corrected chi connectivity index (χ0v) is 29.2. The topological polar surface area (TPSA) is 199 Å². The van der Waals surface area contributed by atoms with Crippen LogP contribution in [0, 0.1) is 34.1 Å². The number of amides is 4. The van der Waals surface area contributed by atoms with Gasteiger partial charge in [0.05, 0.1) is 32.0 Å². The molecular formula is C39H31N7O8. The van der Waals surface area contributed by atoms with Crippen molar-refractivity contribution in [2.75, 3.05) is 26.2 Å². The van der Waals surface area contributed by atoms with Gasteiger partial charge in [-0.3, -0.25) is 59.2 Å². The molecule has 2 aromatic heterocycles. The number of carbonyl (C=O) groups is 4. The van der Waals surface area contributed by atoms with Gasteiger partial charge in [-0.15, -0.1) is 0 Å². The number of unbranched alkanes of at least 4 members (excludes halogenated alkanes) is 1. The number of non-ortho nitro benzene ring substituents is 2. The molecule has 4 heterocycles. The van der Waals surface area contributed by atoms with Crippen LogP contribution in [0.25, 0.3) is 43.4 Å². The van der Waals surface area contributed by atoms with Crippen molar-refractivity contribution in [2.45, 2.75) is 33.1 Å². The van der Waals surface area contributed by atoms with Crippen LogP contribution < -0.4 is 5.32 Å². The Balaban J connectivity index is 0.913. The van der Waals surface area contributed by atoms with Crippen molar-refractivity contribution in [1.29, 1.82) is 0 Å². The Kier molecular flexibility index (Phi) is 8.29. The Hall–Kier alpha value is -6.74. The largest absolute Gasteiger partial charge is 0.317 e. The molecule has 6 aromatic rings. The third-order valence-electron chi connectivity index (χ3n) is 10.0. The summed E-state index contributed by atoms with van der Waals surface area (Å²) in [6, 6.07) is 12.2. The highest BCUT2D eigenvalue weighted by Crippen LogP contribution is 2.39. The van der Waals surface area contributed by atoms with Crippen LogP contribution in [0.15, 0.2) is 60.9 Å². The summed E-state index contributed by atoms with van der Waals surface area (Å²) in [4.78, 5) is 88.2. The number of imide groups is 2. The van der Waals surface area contributed by atoms with Crippen molar-refractivity contribution in [3.05, 3.63) is 115 Å². The fourth-order valence-corrected chi connectivity index (χ4v) is 7.58. The SMILES string of the molecule is Cc1cnc2c(c1)cc1c3c(cc([N+](=O)[O-])cc32)C(=O)N(CCCCNCCCN2C(=O)c3cc([N+](=O)[O-])cc4c3c(cc3cc(C)cnc34)C2=O)C1=O. The lowest BCUT2D eigenvalue weighted by Gasteiger charge is -2.28. The molecule has 2 aliphatic rings. The summed E-state index contributed by atoms with van der Waals surface area (Å²) in [6.45, 7) is 4.84. The van der Waals surface area contributed by atoms with Gasteiger partial charge in [0.15, 0.2) is 0 Å². The Labute approximate surface area is 305 Å². The van der Waals surface area contributed by atoms with E-state index in [0.29, 0.717) is 81.3 Å². The number of hydrogen-bond donors (Lipinski definition) is 1. The van der Waals surface area contributed by atoms with Crippen LogP contribution in [0.1, 0.15) is 71.8 Å². The number of aromatic nitrogens is 2. The van der Waals surface area contributed by atoms with Gasteiger partial charge >= 0.3 is 0 Å². The van der Waals surface area contributed by atoms with Crippen LogP contribution in [0.3, 0.4) is 0 Å². The first kappa shape index (κ1) is 34.4. The van der Waals surface area contributed by atoms with E-state index in [1.54, 1.807) is 24.5 Å². The van der Waals surface area contributed by atoms with Crippen LogP contribution in [0.5, 0.6) is 0 Å². The van der Waals surface area contributed by atoms with Gasteiger partial charge < -0.3 is 5.32 Å². The van der Waals surface area contributed by atoms with E-state index in [4.69, 9.17) is 0 Å². The van der Waals surface area contributed by atoms with E-state index >= 15 is 0 Å². The molecule has 4 amide bonds. The number of fused-ring (bicyclic) bond motifs is 4. The Morgan fingerprint density at radius 1 is 0.574 bits per heavy atom. The zero-order chi connectivity index (χ0) is 38.0. The third kappa shape index (κ3) is 5.56. The number of aryl methyl sites for hydroxylation is 2. The molecule has 0 saturated carbocycles. The number of nitro groups is 2. The van der Waals surface area contributed by atoms with Crippen molar-refractivity contribution in [3.8, 4) is 0 Å². The van der Waals surface area contributed by atoms with E-state index in [0.717, 1.165) is 20.9 Å². The van der Waals surface area contributed by atoms with Gasteiger partial charge in [0.25, 0.3) is 35.0 Å². The molecule has 54 heavy (non-hydrogen) atoms. The maximum absolute atomic E-state index is 13.7. The smallest absolute Gasteiger partial charge is 0.270 e. The standard InChI is InChI=1S/C39H31N7O8/c1-20-10-22-12-28-32-26(34(22)41-18-20)14-24(45(51)52)16-30(32)38(49)43(36(28)47)8-4-3-6-40-7-5-9-44-37(48)29-13-23-11-21(2)19-42-35(23)27-15-25(46(53)54)17-31(33(27)29)39(44)50/h10-19,40H,3-9H2,1-2H3. The first-order valence-corrected chi connectivity index (χ1v) is 17.4. The molecule has 0 bridgehead atoms. The summed E-state index contributed by atoms with van der Waals surface area (Å²) >= 11 is 0. The molecule has 270 valence electrons. The second-order valence-corrected chi connectivity index (χ2v) is 13.7. The number of benzene rings is 4. The number of nitrogens with zero attached hydrogens (tertiary/aromatic N) is 6. The number of rotatable bonds is 11. The molecule has 4 aromatic carbocycles. The molecule has 0 fully saturated rings. The summed E-state index contributed by atoms with van der Waals surface area (Å²) in [5.74, 6) is -2.16. The molecule has 0 aliphatic carbocycles. The highest BCUT2D eigenvalue weighted by atomic mass is 16.6. The van der Waals surface area contributed by atoms with Crippen LogP contribution >= 0.6 is 0 Å². The summed E-state index contributed by atoms with van der Waals surface area (Å²) < 4.78 is 0. The molecular weight excluding hydrogens is 694 g/mol. The van der Waals surface area contributed by atoms with E-state index in [9.17, 15) is 39.4 Å². The van der Waals surface area contributed by atoms with Gasteiger partial charge in [-0.05, 0) is 81.6 Å². The summed E-state index contributed by atoms with van der Waals surface area (Å²) in [7, 11) is 0. The number of pyridine rings is 2. The van der Waals surface area contributed by atoms with Crippen molar-refractivity contribution in [2.24, 2.45) is 0 Å². The van der Waals surface area contributed by atoms with Gasteiger partial charge in [-0.2, -0.15) is 0 Å². The molecule has 0 spiro atoms. The molecule has 0 saturated heterocycles. The van der Waals surface area contributed by atoms with Crippen LogP contribution in [-0.2, 0) is 0 Å². The molecule has 8 rings (SSSR count). The predicted molar refractivity (Wildman–Crippen MR) is 199 cm³/mol. The lowest BCUT2D eigenvalue weighted by Crippen LogP contribution is -2.42. The van der Waals surface area contributed by atoms with Crippen molar-refractivity contribution >= 4 is 78.4 Å². The van der Waals surface area contributed by atoms with Crippen LogP contribution in [0.4, 0.5) is 11.4 Å². The lowest BCUT2D eigenvalue weighted by molar-refractivity contribution is -0.384. The lowest BCUT2D eigenvalue weighted by atomic mass is 9.91. The Bertz CT molecular complexity index is 2530. The second-order valence-electron chi connectivity index (χ2n) is 13.7. The number of carbonyl (C=O) groups excluding carboxylic acids is 4. The van der Waals surface area contributed by atoms with Gasteiger partial charge in [-0.25, -0.2) is 0 Å². The highest BCUT2D eigenvalue weighted by molar-refractivity contribution is 6.30. The number of nitro benzene ring substituents is 2. The average Bonchev–Trinajstić information content (AvgIpc) is 3.14. The minimum Gasteiger partial charge on any atom is -0.317 e. The quantitative estimate of drug-likeness (QED) is 0.0526. The number of nitrogens with one attached hydrogen (secondary N) is 1. The molecule has 0 atom stereocenters. The third-order valence-corrected chi connectivity index (χ3v) is 10.0. The van der Waals surface area contributed by atoms with Gasteiger partial charge in [0.2, 0.25) is 0 Å². The molecule has 2 aliphatic heterocycles. The molecule has 1 N–H and O–H groups in total. The van der Waals surface area contributed by atoms with Crippen LogP contribution in [-0.4, -0.2) is 79.4 Å². The van der Waals surface area contributed by atoms with E-state index in [1.165, 1.54) is 24.3 Å². The van der Waals surface area contributed by atoms with Gasteiger partial charge in [0.1, 0.15) is 0 Å². The van der Waals surface area contributed by atoms with Crippen molar-refractivity contribution in [1.82, 2.24) is 25.1 Å². The summed E-state index contributed by atoms with van der Waals surface area (Å²) in [5.41, 5.74) is 2.89. The fraction of sp³-hybridized carbons (Fsp3) is 0.231. The van der Waals surface area contributed by atoms with E-state index in [1.807, 2.05) is 26.0 Å². The Morgan fingerprint density at radius 3 is 1.43 bits per heavy atom. The number of hydrogen-bond acceptors (Lipinski definition) is 11. The average molecular weight is 726 g/mol. The highest BCUT2D eigenvalue weighted by Gasteiger charge is 2.36. The summed E-state index contributed by atoms with van der Waals surface area (Å²) in [5, 5.41) is 29.6. The minimum absolute atomic E-state index is 0.0794. The van der Waals surface area contributed by atoms with Gasteiger partial charge in [0, 0.05) is 93.2 Å². The van der Waals surface area contributed by atoms with Crippen molar-refractivity contribution in [3.63, 3.8) is 0 Å². The van der Waals surface area contributed by atoms with E-state index < -0.39 is 33.5 Å². The van der Waals surface area contributed by atoms with E-state index in [2.05, 4.69) is 15.3 Å². The van der Waals surface area contributed by atoms with Gasteiger partial charge in [-0.1, -0.05) is 0 Å². The Morgan fingerprint density at radius 2 is 0.981 bits per heavy atom. The second kappa shape index (κ2) is 13.0. The molecule has 0 radical (unpaired) electrons. The minimum atomic E-state index is -0.606. The maximum Gasteiger partial charge on any atom is 0.270 e. The first-order valence-electron chi connectivity index (χ1n) is 17.4.